The number of ether oxygens (including phenoxy) is 2. The van der Waals surface area contributed by atoms with Crippen molar-refractivity contribution in [1.82, 2.24) is 4.98 Å². The molecule has 0 fully saturated rings. The van der Waals surface area contributed by atoms with Gasteiger partial charge in [-0.1, -0.05) is 56.7 Å². The highest BCUT2D eigenvalue weighted by atomic mass is 16.5. The van der Waals surface area contributed by atoms with E-state index in [0.717, 1.165) is 36.9 Å². The first kappa shape index (κ1) is 24.3. The van der Waals surface area contributed by atoms with Crippen LogP contribution in [0.2, 0.25) is 0 Å². The van der Waals surface area contributed by atoms with Crippen molar-refractivity contribution in [3.8, 4) is 17.0 Å². The Morgan fingerprint density at radius 2 is 1.74 bits per heavy atom. The minimum atomic E-state index is -0.251. The second-order valence-electron chi connectivity index (χ2n) is 7.54. The molecule has 2 rings (SSSR count). The minimum absolute atomic E-state index is 0.0867. The van der Waals surface area contributed by atoms with Gasteiger partial charge in [-0.05, 0) is 50.3 Å². The molecule has 1 atom stereocenters. The molecule has 0 spiro atoms. The first-order valence-electron chi connectivity index (χ1n) is 11.1. The van der Waals surface area contributed by atoms with Crippen LogP contribution in [-0.4, -0.2) is 23.0 Å². The van der Waals surface area contributed by atoms with Gasteiger partial charge in [0.1, 0.15) is 5.75 Å². The number of pyridine rings is 1. The molecular formula is C26H33NO4. The third-order valence-electron chi connectivity index (χ3n) is 4.82. The van der Waals surface area contributed by atoms with E-state index in [1.807, 2.05) is 31.2 Å². The molecule has 0 N–H and O–H groups in total. The predicted octanol–water partition coefficient (Wildman–Crippen LogP) is 6.06. The fourth-order valence-electron chi connectivity index (χ4n) is 2.98. The van der Waals surface area contributed by atoms with E-state index in [1.165, 1.54) is 5.56 Å². The molecule has 31 heavy (non-hydrogen) atoms. The van der Waals surface area contributed by atoms with E-state index in [4.69, 9.17) is 9.47 Å². The number of allylic oxidation sites excluding steroid dienone is 2. The number of rotatable bonds is 12. The molecule has 1 heterocycles. The number of esters is 2. The molecule has 0 aliphatic rings. The third-order valence-corrected chi connectivity index (χ3v) is 4.82. The fourth-order valence-corrected chi connectivity index (χ4v) is 2.98. The van der Waals surface area contributed by atoms with Crippen molar-refractivity contribution in [2.24, 2.45) is 0 Å². The summed E-state index contributed by atoms with van der Waals surface area (Å²) >= 11 is 0. The van der Waals surface area contributed by atoms with Gasteiger partial charge in [0.05, 0.1) is 18.0 Å². The molecule has 5 heteroatoms. The van der Waals surface area contributed by atoms with Crippen LogP contribution in [0.15, 0.2) is 54.7 Å². The molecule has 0 radical (unpaired) electrons. The monoisotopic (exact) mass is 423 g/mol. The molecule has 5 nitrogen and oxygen atoms in total. The molecule has 166 valence electrons. The van der Waals surface area contributed by atoms with E-state index >= 15 is 0 Å². The molecule has 0 aliphatic carbocycles. The zero-order chi connectivity index (χ0) is 22.5. The molecule has 1 unspecified atom stereocenters. The Bertz CT molecular complexity index is 841. The van der Waals surface area contributed by atoms with Crippen LogP contribution in [0.4, 0.5) is 0 Å². The fraction of sp³-hybridized carbons (Fsp3) is 0.423. The Morgan fingerprint density at radius 1 is 1.00 bits per heavy atom. The Labute approximate surface area is 185 Å². The predicted molar refractivity (Wildman–Crippen MR) is 123 cm³/mol. The zero-order valence-corrected chi connectivity index (χ0v) is 18.8. The topological polar surface area (TPSA) is 65.5 Å². The summed E-state index contributed by atoms with van der Waals surface area (Å²) in [6.45, 7) is 5.84. The lowest BCUT2D eigenvalue weighted by atomic mass is 10.0. The number of carbonyl (C=O) groups is 2. The molecule has 1 aromatic heterocycles. The lowest BCUT2D eigenvalue weighted by molar-refractivity contribution is -0.148. The highest BCUT2D eigenvalue weighted by molar-refractivity contribution is 5.72. The maximum Gasteiger partial charge on any atom is 0.311 e. The summed E-state index contributed by atoms with van der Waals surface area (Å²) in [6.07, 6.45) is 10.8. The van der Waals surface area contributed by atoms with Gasteiger partial charge in [-0.2, -0.15) is 0 Å². The van der Waals surface area contributed by atoms with Gasteiger partial charge >= 0.3 is 11.9 Å². The average Bonchev–Trinajstić information content (AvgIpc) is 2.78. The maximum absolute atomic E-state index is 11.9. The van der Waals surface area contributed by atoms with E-state index < -0.39 is 0 Å². The van der Waals surface area contributed by atoms with Crippen LogP contribution in [0.1, 0.15) is 64.9 Å². The largest absolute Gasteiger partial charge is 0.463 e. The lowest BCUT2D eigenvalue weighted by Gasteiger charge is -2.12. The van der Waals surface area contributed by atoms with Crippen LogP contribution in [0, 0.1) is 0 Å². The van der Waals surface area contributed by atoms with Gasteiger partial charge in [0.15, 0.2) is 0 Å². The normalized spacial score (nSPS) is 12.0. The van der Waals surface area contributed by atoms with E-state index in [-0.39, 0.29) is 18.0 Å². The summed E-state index contributed by atoms with van der Waals surface area (Å²) in [5.74, 6) is 0.0456. The number of benzene rings is 1. The van der Waals surface area contributed by atoms with Crippen LogP contribution < -0.4 is 4.74 Å². The SMILES string of the molecule is CCC/C=C/CCC(=O)Oc1ccc(-c2ccc(CCC(C)OC(=O)CC)cc2)nc1. The van der Waals surface area contributed by atoms with Crippen LogP contribution in [0.3, 0.4) is 0 Å². The Kier molecular flexibility index (Phi) is 10.5. The standard InChI is InChI=1S/C26H33NO4/c1-4-6-7-8-9-10-26(29)31-23-17-18-24(27-19-23)22-15-13-21(14-16-22)12-11-20(3)30-25(28)5-2/h7-8,13-20H,4-6,9-12H2,1-3H3/b8-7+. The summed E-state index contributed by atoms with van der Waals surface area (Å²) in [6, 6.07) is 11.8. The van der Waals surface area contributed by atoms with Gasteiger partial charge in [-0.3, -0.25) is 14.6 Å². The van der Waals surface area contributed by atoms with Crippen LogP contribution in [-0.2, 0) is 20.7 Å². The molecule has 1 aromatic carbocycles. The molecule has 0 saturated heterocycles. The molecule has 0 bridgehead atoms. The summed E-state index contributed by atoms with van der Waals surface area (Å²) in [4.78, 5) is 27.7. The Morgan fingerprint density at radius 3 is 2.39 bits per heavy atom. The van der Waals surface area contributed by atoms with Crippen LogP contribution >= 0.6 is 0 Å². The lowest BCUT2D eigenvalue weighted by Crippen LogP contribution is -2.14. The molecule has 0 saturated carbocycles. The third kappa shape index (κ3) is 9.16. The molecule has 0 amide bonds. The van der Waals surface area contributed by atoms with E-state index in [9.17, 15) is 9.59 Å². The first-order valence-corrected chi connectivity index (χ1v) is 11.1. The van der Waals surface area contributed by atoms with E-state index in [1.54, 1.807) is 19.2 Å². The van der Waals surface area contributed by atoms with Crippen LogP contribution in [0.5, 0.6) is 5.75 Å². The highest BCUT2D eigenvalue weighted by Crippen LogP contribution is 2.21. The number of hydrogen-bond donors (Lipinski definition) is 0. The summed E-state index contributed by atoms with van der Waals surface area (Å²) in [7, 11) is 0. The smallest absolute Gasteiger partial charge is 0.311 e. The van der Waals surface area contributed by atoms with E-state index in [0.29, 0.717) is 25.0 Å². The van der Waals surface area contributed by atoms with Gasteiger partial charge in [0.25, 0.3) is 0 Å². The number of nitrogens with zero attached hydrogens (tertiary/aromatic N) is 1. The van der Waals surface area contributed by atoms with Gasteiger partial charge in [0.2, 0.25) is 0 Å². The number of carbonyl (C=O) groups excluding carboxylic acids is 2. The average molecular weight is 424 g/mol. The van der Waals surface area contributed by atoms with Gasteiger partial charge < -0.3 is 9.47 Å². The summed E-state index contributed by atoms with van der Waals surface area (Å²) < 4.78 is 10.7. The zero-order valence-electron chi connectivity index (χ0n) is 18.8. The number of aromatic nitrogens is 1. The van der Waals surface area contributed by atoms with Gasteiger partial charge in [-0.15, -0.1) is 0 Å². The molecular weight excluding hydrogens is 390 g/mol. The van der Waals surface area contributed by atoms with E-state index in [2.05, 4.69) is 30.1 Å². The maximum atomic E-state index is 11.9. The first-order chi connectivity index (χ1) is 15.0. The number of aryl methyl sites for hydroxylation is 1. The van der Waals surface area contributed by atoms with Crippen molar-refractivity contribution >= 4 is 11.9 Å². The summed E-state index contributed by atoms with van der Waals surface area (Å²) in [5, 5.41) is 0. The quantitative estimate of drug-likeness (QED) is 0.306. The number of unbranched alkanes of at least 4 members (excludes halogenated alkanes) is 1. The second-order valence-corrected chi connectivity index (χ2v) is 7.54. The van der Waals surface area contributed by atoms with Crippen molar-refractivity contribution < 1.29 is 19.1 Å². The molecule has 0 aliphatic heterocycles. The minimum Gasteiger partial charge on any atom is -0.463 e. The van der Waals surface area contributed by atoms with Crippen molar-refractivity contribution in [1.29, 1.82) is 0 Å². The van der Waals surface area contributed by atoms with Crippen molar-refractivity contribution in [3.05, 3.63) is 60.3 Å². The Hall–Kier alpha value is -2.95. The summed E-state index contributed by atoms with van der Waals surface area (Å²) in [5.41, 5.74) is 2.99. The number of hydrogen-bond acceptors (Lipinski definition) is 5. The second kappa shape index (κ2) is 13.4. The van der Waals surface area contributed by atoms with Gasteiger partial charge in [-0.25, -0.2) is 0 Å². The van der Waals surface area contributed by atoms with Gasteiger partial charge in [0, 0.05) is 18.4 Å². The van der Waals surface area contributed by atoms with Crippen molar-refractivity contribution in [2.75, 3.05) is 0 Å². The highest BCUT2D eigenvalue weighted by Gasteiger charge is 2.09. The molecule has 2 aromatic rings. The van der Waals surface area contributed by atoms with Crippen molar-refractivity contribution in [2.45, 2.75) is 71.8 Å². The Balaban J connectivity index is 1.83. The van der Waals surface area contributed by atoms with Crippen molar-refractivity contribution in [3.63, 3.8) is 0 Å². The van der Waals surface area contributed by atoms with Crippen LogP contribution in [0.25, 0.3) is 11.3 Å².